The zero-order valence-corrected chi connectivity index (χ0v) is 9.78. The van der Waals surface area contributed by atoms with Gasteiger partial charge < -0.3 is 19.7 Å². The van der Waals surface area contributed by atoms with Gasteiger partial charge in [-0.05, 0) is 6.92 Å². The van der Waals surface area contributed by atoms with E-state index in [4.69, 9.17) is 9.47 Å². The number of carbonyl (C=O) groups is 1. The summed E-state index contributed by atoms with van der Waals surface area (Å²) in [6.07, 6.45) is 0.695. The Labute approximate surface area is 96.1 Å². The molecule has 2 atom stereocenters. The number of amides is 1. The van der Waals surface area contributed by atoms with Crippen molar-refractivity contribution in [2.75, 3.05) is 39.5 Å². The standard InChI is InChI=1S/C11H20N2O3/c1-9-7-13(3-5-16-9)11(14)6-10-8-15-4-2-12-10/h9-10,12H,2-8H2,1H3. The Balaban J connectivity index is 1.77. The van der Waals surface area contributed by atoms with Gasteiger partial charge in [-0.2, -0.15) is 0 Å². The highest BCUT2D eigenvalue weighted by molar-refractivity contribution is 5.77. The predicted octanol–water partition coefficient (Wildman–Crippen LogP) is -0.388. The van der Waals surface area contributed by atoms with Crippen LogP contribution in [0, 0.1) is 0 Å². The predicted molar refractivity (Wildman–Crippen MR) is 59.2 cm³/mol. The van der Waals surface area contributed by atoms with Crippen molar-refractivity contribution in [3.63, 3.8) is 0 Å². The molecular formula is C11H20N2O3. The van der Waals surface area contributed by atoms with Crippen LogP contribution in [0.5, 0.6) is 0 Å². The molecule has 2 unspecified atom stereocenters. The lowest BCUT2D eigenvalue weighted by Crippen LogP contribution is -2.49. The molecule has 0 bridgehead atoms. The van der Waals surface area contributed by atoms with Gasteiger partial charge in [0.15, 0.2) is 0 Å². The average Bonchev–Trinajstić information content (AvgIpc) is 2.30. The fourth-order valence-corrected chi connectivity index (χ4v) is 2.14. The lowest BCUT2D eigenvalue weighted by molar-refractivity contribution is -0.139. The summed E-state index contributed by atoms with van der Waals surface area (Å²) in [7, 11) is 0. The van der Waals surface area contributed by atoms with Crippen molar-refractivity contribution in [1.29, 1.82) is 0 Å². The number of nitrogens with zero attached hydrogens (tertiary/aromatic N) is 1. The van der Waals surface area contributed by atoms with Gasteiger partial charge in [-0.1, -0.05) is 0 Å². The van der Waals surface area contributed by atoms with Crippen molar-refractivity contribution in [1.82, 2.24) is 10.2 Å². The van der Waals surface area contributed by atoms with E-state index < -0.39 is 0 Å². The molecular weight excluding hydrogens is 208 g/mol. The molecule has 2 aliphatic rings. The minimum absolute atomic E-state index is 0.160. The Bertz CT molecular complexity index is 241. The second-order valence-corrected chi connectivity index (χ2v) is 4.45. The number of hydrogen-bond donors (Lipinski definition) is 1. The minimum Gasteiger partial charge on any atom is -0.378 e. The molecule has 0 aliphatic carbocycles. The highest BCUT2D eigenvalue weighted by atomic mass is 16.5. The smallest absolute Gasteiger partial charge is 0.224 e. The largest absolute Gasteiger partial charge is 0.378 e. The van der Waals surface area contributed by atoms with Crippen LogP contribution in [-0.2, 0) is 14.3 Å². The fourth-order valence-electron chi connectivity index (χ4n) is 2.14. The van der Waals surface area contributed by atoms with E-state index in [2.05, 4.69) is 5.32 Å². The van der Waals surface area contributed by atoms with E-state index >= 15 is 0 Å². The zero-order valence-electron chi connectivity index (χ0n) is 9.78. The van der Waals surface area contributed by atoms with Crippen LogP contribution in [0.25, 0.3) is 0 Å². The molecule has 0 saturated carbocycles. The first-order valence-corrected chi connectivity index (χ1v) is 5.96. The van der Waals surface area contributed by atoms with Gasteiger partial charge in [0, 0.05) is 32.1 Å². The second-order valence-electron chi connectivity index (χ2n) is 4.45. The zero-order chi connectivity index (χ0) is 11.4. The summed E-state index contributed by atoms with van der Waals surface area (Å²) in [5.74, 6) is 0.207. The summed E-state index contributed by atoms with van der Waals surface area (Å²) >= 11 is 0. The topological polar surface area (TPSA) is 50.8 Å². The Kier molecular flexibility index (Phi) is 4.15. The van der Waals surface area contributed by atoms with Crippen molar-refractivity contribution >= 4 is 5.91 Å². The van der Waals surface area contributed by atoms with E-state index in [1.54, 1.807) is 0 Å². The van der Waals surface area contributed by atoms with Crippen molar-refractivity contribution < 1.29 is 14.3 Å². The molecule has 16 heavy (non-hydrogen) atoms. The van der Waals surface area contributed by atoms with Gasteiger partial charge in [-0.25, -0.2) is 0 Å². The maximum absolute atomic E-state index is 12.0. The summed E-state index contributed by atoms with van der Waals surface area (Å²) in [5.41, 5.74) is 0. The van der Waals surface area contributed by atoms with E-state index in [1.165, 1.54) is 0 Å². The van der Waals surface area contributed by atoms with Crippen LogP contribution < -0.4 is 5.32 Å². The van der Waals surface area contributed by atoms with E-state index in [0.717, 1.165) is 19.7 Å². The number of hydrogen-bond acceptors (Lipinski definition) is 4. The molecule has 92 valence electrons. The van der Waals surface area contributed by atoms with Crippen LogP contribution in [0.2, 0.25) is 0 Å². The van der Waals surface area contributed by atoms with Gasteiger partial charge in [0.2, 0.25) is 5.91 Å². The summed E-state index contributed by atoms with van der Waals surface area (Å²) in [5, 5.41) is 3.30. The minimum atomic E-state index is 0.160. The van der Waals surface area contributed by atoms with E-state index in [-0.39, 0.29) is 18.1 Å². The van der Waals surface area contributed by atoms with Crippen molar-refractivity contribution in [3.05, 3.63) is 0 Å². The monoisotopic (exact) mass is 228 g/mol. The van der Waals surface area contributed by atoms with Crippen molar-refractivity contribution in [2.45, 2.75) is 25.5 Å². The Hall–Kier alpha value is -0.650. The Morgan fingerprint density at radius 1 is 1.50 bits per heavy atom. The molecule has 0 aromatic carbocycles. The molecule has 0 aromatic rings. The number of rotatable bonds is 2. The number of ether oxygens (including phenoxy) is 2. The van der Waals surface area contributed by atoms with Crippen LogP contribution in [-0.4, -0.2) is 62.4 Å². The maximum Gasteiger partial charge on any atom is 0.224 e. The fraction of sp³-hybridized carbons (Fsp3) is 0.909. The van der Waals surface area contributed by atoms with Gasteiger partial charge in [0.05, 0.1) is 25.9 Å². The SMILES string of the molecule is CC1CN(C(=O)CC2COCCN2)CCO1. The van der Waals surface area contributed by atoms with Crippen LogP contribution in [0.15, 0.2) is 0 Å². The highest BCUT2D eigenvalue weighted by Gasteiger charge is 2.24. The molecule has 0 spiro atoms. The Morgan fingerprint density at radius 2 is 2.38 bits per heavy atom. The molecule has 2 aliphatic heterocycles. The van der Waals surface area contributed by atoms with Gasteiger partial charge in [0.1, 0.15) is 0 Å². The quantitative estimate of drug-likeness (QED) is 0.699. The Morgan fingerprint density at radius 3 is 3.06 bits per heavy atom. The molecule has 0 radical (unpaired) electrons. The number of nitrogens with one attached hydrogen (secondary N) is 1. The average molecular weight is 228 g/mol. The lowest BCUT2D eigenvalue weighted by atomic mass is 10.1. The van der Waals surface area contributed by atoms with Crippen LogP contribution in [0.4, 0.5) is 0 Å². The second kappa shape index (κ2) is 5.61. The molecule has 5 nitrogen and oxygen atoms in total. The summed E-state index contributed by atoms with van der Waals surface area (Å²) in [6.45, 7) is 6.33. The van der Waals surface area contributed by atoms with Gasteiger partial charge in [0.25, 0.3) is 0 Å². The van der Waals surface area contributed by atoms with Crippen molar-refractivity contribution in [3.8, 4) is 0 Å². The third-order valence-corrected chi connectivity index (χ3v) is 3.01. The third kappa shape index (κ3) is 3.17. The van der Waals surface area contributed by atoms with Crippen LogP contribution >= 0.6 is 0 Å². The van der Waals surface area contributed by atoms with E-state index in [0.29, 0.717) is 26.2 Å². The van der Waals surface area contributed by atoms with Gasteiger partial charge in [-0.3, -0.25) is 4.79 Å². The lowest BCUT2D eigenvalue weighted by Gasteiger charge is -2.33. The number of morpholine rings is 2. The molecule has 0 aromatic heterocycles. The molecule has 2 fully saturated rings. The molecule has 2 rings (SSSR count). The molecule has 5 heteroatoms. The molecule has 2 saturated heterocycles. The molecule has 2 heterocycles. The summed E-state index contributed by atoms with van der Waals surface area (Å²) in [4.78, 5) is 13.9. The number of carbonyl (C=O) groups excluding carboxylic acids is 1. The van der Waals surface area contributed by atoms with E-state index in [9.17, 15) is 4.79 Å². The maximum atomic E-state index is 12.0. The van der Waals surface area contributed by atoms with Crippen LogP contribution in [0.3, 0.4) is 0 Å². The van der Waals surface area contributed by atoms with Gasteiger partial charge in [-0.15, -0.1) is 0 Å². The molecule has 1 amide bonds. The molecule has 1 N–H and O–H groups in total. The van der Waals surface area contributed by atoms with Gasteiger partial charge >= 0.3 is 0 Å². The van der Waals surface area contributed by atoms with Crippen LogP contribution in [0.1, 0.15) is 13.3 Å². The highest BCUT2D eigenvalue weighted by Crippen LogP contribution is 2.08. The third-order valence-electron chi connectivity index (χ3n) is 3.01. The summed E-state index contributed by atoms with van der Waals surface area (Å²) < 4.78 is 10.7. The first kappa shape index (κ1) is 11.8. The van der Waals surface area contributed by atoms with E-state index in [1.807, 2.05) is 11.8 Å². The first-order chi connectivity index (χ1) is 7.75. The van der Waals surface area contributed by atoms with Crippen molar-refractivity contribution in [2.24, 2.45) is 0 Å². The normalized spacial score (nSPS) is 31.4. The summed E-state index contributed by atoms with van der Waals surface area (Å²) in [6, 6.07) is 0.180. The first-order valence-electron chi connectivity index (χ1n) is 5.96.